The number of nitrogens with two attached hydrogens (primary N) is 2. The smallest absolute Gasteiger partial charge is 0.225 e. The minimum atomic E-state index is -0.777. The maximum atomic E-state index is 13.6. The molecule has 0 saturated carbocycles. The van der Waals surface area contributed by atoms with Gasteiger partial charge in [-0.15, -0.1) is 0 Å². The Balaban J connectivity index is 3.17. The molecule has 1 aromatic rings. The third kappa shape index (κ3) is 2.90. The summed E-state index contributed by atoms with van der Waals surface area (Å²) in [4.78, 5) is 4.61. The Bertz CT molecular complexity index is 457. The molecule has 5 nitrogen and oxygen atoms in total. The standard InChI is InChI=1S/C10H13F2N5/c1-5-3-6(11)4-7(12)8(5)17(2)10(15)16-9(13)14/h3-4H,1-2H3,(H5,13,14,15,16). The predicted molar refractivity (Wildman–Crippen MR) is 63.0 cm³/mol. The molecule has 92 valence electrons. The van der Waals surface area contributed by atoms with E-state index in [4.69, 9.17) is 16.9 Å². The van der Waals surface area contributed by atoms with E-state index in [1.54, 1.807) is 0 Å². The molecule has 0 bridgehead atoms. The van der Waals surface area contributed by atoms with Crippen LogP contribution in [-0.4, -0.2) is 19.0 Å². The molecule has 1 aromatic carbocycles. The van der Waals surface area contributed by atoms with Crippen molar-refractivity contribution in [2.24, 2.45) is 16.5 Å². The third-order valence-electron chi connectivity index (χ3n) is 2.11. The molecule has 0 saturated heterocycles. The normalized spacial score (nSPS) is 9.88. The fraction of sp³-hybridized carbons (Fsp3) is 0.200. The molecule has 0 aliphatic rings. The topological polar surface area (TPSA) is 91.5 Å². The first-order valence-electron chi connectivity index (χ1n) is 4.70. The lowest BCUT2D eigenvalue weighted by molar-refractivity contribution is 0.582. The molecular weight excluding hydrogens is 228 g/mol. The Hall–Kier alpha value is -2.18. The zero-order valence-electron chi connectivity index (χ0n) is 9.46. The van der Waals surface area contributed by atoms with Gasteiger partial charge in [0.25, 0.3) is 0 Å². The molecule has 0 unspecified atom stereocenters. The number of aryl methyl sites for hydroxylation is 1. The van der Waals surface area contributed by atoms with Crippen molar-refractivity contribution < 1.29 is 8.78 Å². The van der Waals surface area contributed by atoms with Crippen molar-refractivity contribution in [2.45, 2.75) is 6.92 Å². The number of hydrogen-bond donors (Lipinski definition) is 3. The van der Waals surface area contributed by atoms with Crippen LogP contribution in [0.1, 0.15) is 5.56 Å². The second-order valence-corrected chi connectivity index (χ2v) is 3.47. The number of benzene rings is 1. The summed E-state index contributed by atoms with van der Waals surface area (Å²) < 4.78 is 26.5. The highest BCUT2D eigenvalue weighted by Gasteiger charge is 2.15. The first-order chi connectivity index (χ1) is 7.82. The van der Waals surface area contributed by atoms with Gasteiger partial charge in [-0.3, -0.25) is 5.41 Å². The second-order valence-electron chi connectivity index (χ2n) is 3.47. The summed E-state index contributed by atoms with van der Waals surface area (Å²) in [5.74, 6) is -2.09. The van der Waals surface area contributed by atoms with Crippen LogP contribution in [-0.2, 0) is 0 Å². The monoisotopic (exact) mass is 241 g/mol. The summed E-state index contributed by atoms with van der Waals surface area (Å²) in [5.41, 5.74) is 10.6. The van der Waals surface area contributed by atoms with E-state index < -0.39 is 11.6 Å². The molecule has 0 aliphatic heterocycles. The van der Waals surface area contributed by atoms with Crippen LogP contribution in [0.5, 0.6) is 0 Å². The molecule has 17 heavy (non-hydrogen) atoms. The fourth-order valence-electron chi connectivity index (χ4n) is 1.42. The summed E-state index contributed by atoms with van der Waals surface area (Å²) in [6.45, 7) is 1.53. The van der Waals surface area contributed by atoms with Crippen LogP contribution in [0.25, 0.3) is 0 Å². The average Bonchev–Trinajstić information content (AvgIpc) is 2.14. The molecular formula is C10H13F2N5. The molecule has 0 atom stereocenters. The van der Waals surface area contributed by atoms with Crippen molar-refractivity contribution >= 4 is 17.6 Å². The number of halogens is 2. The lowest BCUT2D eigenvalue weighted by atomic mass is 10.1. The Morgan fingerprint density at radius 2 is 1.94 bits per heavy atom. The largest absolute Gasteiger partial charge is 0.370 e. The molecule has 0 aromatic heterocycles. The van der Waals surface area contributed by atoms with Crippen molar-refractivity contribution in [1.82, 2.24) is 0 Å². The number of hydrogen-bond acceptors (Lipinski definition) is 1. The van der Waals surface area contributed by atoms with Crippen molar-refractivity contribution in [3.8, 4) is 0 Å². The van der Waals surface area contributed by atoms with Crippen molar-refractivity contribution in [2.75, 3.05) is 11.9 Å². The van der Waals surface area contributed by atoms with Crippen LogP contribution < -0.4 is 16.4 Å². The molecule has 0 fully saturated rings. The number of guanidine groups is 2. The van der Waals surface area contributed by atoms with Gasteiger partial charge in [-0.1, -0.05) is 0 Å². The van der Waals surface area contributed by atoms with E-state index in [-0.39, 0.29) is 17.6 Å². The van der Waals surface area contributed by atoms with Gasteiger partial charge in [0.1, 0.15) is 11.6 Å². The molecule has 7 heteroatoms. The van der Waals surface area contributed by atoms with Crippen molar-refractivity contribution in [1.29, 1.82) is 5.41 Å². The van der Waals surface area contributed by atoms with E-state index >= 15 is 0 Å². The van der Waals surface area contributed by atoms with Crippen LogP contribution in [0.4, 0.5) is 14.5 Å². The highest BCUT2D eigenvalue weighted by Crippen LogP contribution is 2.24. The summed E-state index contributed by atoms with van der Waals surface area (Å²) >= 11 is 0. The number of nitrogens with zero attached hydrogens (tertiary/aromatic N) is 2. The van der Waals surface area contributed by atoms with E-state index in [9.17, 15) is 8.78 Å². The molecule has 0 amide bonds. The second kappa shape index (κ2) is 4.77. The molecule has 0 heterocycles. The number of aliphatic imine (C=N–C) groups is 1. The minimum Gasteiger partial charge on any atom is -0.370 e. The molecule has 0 radical (unpaired) electrons. The van der Waals surface area contributed by atoms with Gasteiger partial charge in [0.15, 0.2) is 5.96 Å². The van der Waals surface area contributed by atoms with E-state index in [1.807, 2.05) is 0 Å². The highest BCUT2D eigenvalue weighted by molar-refractivity contribution is 6.01. The molecule has 5 N–H and O–H groups in total. The quantitative estimate of drug-likeness (QED) is 0.504. The van der Waals surface area contributed by atoms with Gasteiger partial charge in [-0.2, -0.15) is 4.99 Å². The lowest BCUT2D eigenvalue weighted by Crippen LogP contribution is -2.31. The van der Waals surface area contributed by atoms with Crippen molar-refractivity contribution in [3.05, 3.63) is 29.3 Å². The van der Waals surface area contributed by atoms with E-state index in [0.29, 0.717) is 5.56 Å². The van der Waals surface area contributed by atoms with Gasteiger partial charge in [0.05, 0.1) is 5.69 Å². The van der Waals surface area contributed by atoms with E-state index in [2.05, 4.69) is 4.99 Å². The number of nitrogens with one attached hydrogen (secondary N) is 1. The molecule has 0 spiro atoms. The molecule has 0 aliphatic carbocycles. The lowest BCUT2D eigenvalue weighted by Gasteiger charge is -2.20. The summed E-state index contributed by atoms with van der Waals surface area (Å²) in [5, 5.41) is 7.53. The van der Waals surface area contributed by atoms with Crippen molar-refractivity contribution in [3.63, 3.8) is 0 Å². The predicted octanol–water partition coefficient (Wildman–Crippen LogP) is 0.918. The highest BCUT2D eigenvalue weighted by atomic mass is 19.1. The van der Waals surface area contributed by atoms with E-state index in [1.165, 1.54) is 14.0 Å². The minimum absolute atomic E-state index is 0.0569. The number of rotatable bonds is 1. The maximum absolute atomic E-state index is 13.6. The Morgan fingerprint density at radius 1 is 1.35 bits per heavy atom. The maximum Gasteiger partial charge on any atom is 0.225 e. The Labute approximate surface area is 97.2 Å². The molecule has 1 rings (SSSR count). The Kier molecular flexibility index (Phi) is 3.62. The number of anilines is 1. The zero-order valence-corrected chi connectivity index (χ0v) is 9.46. The Morgan fingerprint density at radius 3 is 2.41 bits per heavy atom. The van der Waals surface area contributed by atoms with Crippen LogP contribution in [0.2, 0.25) is 0 Å². The van der Waals surface area contributed by atoms with Gasteiger partial charge >= 0.3 is 0 Å². The van der Waals surface area contributed by atoms with Gasteiger partial charge < -0.3 is 16.4 Å². The van der Waals surface area contributed by atoms with Gasteiger partial charge in [0.2, 0.25) is 5.96 Å². The zero-order chi connectivity index (χ0) is 13.2. The van der Waals surface area contributed by atoms with E-state index in [0.717, 1.165) is 17.0 Å². The first-order valence-corrected chi connectivity index (χ1v) is 4.70. The first kappa shape index (κ1) is 12.9. The van der Waals surface area contributed by atoms with Crippen LogP contribution in [0.15, 0.2) is 17.1 Å². The van der Waals surface area contributed by atoms with Crippen LogP contribution in [0, 0.1) is 24.0 Å². The third-order valence-corrected chi connectivity index (χ3v) is 2.11. The summed E-state index contributed by atoms with van der Waals surface area (Å²) in [6, 6.07) is 1.90. The van der Waals surface area contributed by atoms with Crippen LogP contribution >= 0.6 is 0 Å². The average molecular weight is 241 g/mol. The van der Waals surface area contributed by atoms with Crippen LogP contribution in [0.3, 0.4) is 0 Å². The summed E-state index contributed by atoms with van der Waals surface area (Å²) in [6.07, 6.45) is 0. The fourth-order valence-corrected chi connectivity index (χ4v) is 1.42. The summed E-state index contributed by atoms with van der Waals surface area (Å²) in [7, 11) is 1.41. The SMILES string of the molecule is Cc1cc(F)cc(F)c1N(C)C(=N)N=C(N)N. The van der Waals surface area contributed by atoms with Gasteiger partial charge in [-0.05, 0) is 18.6 Å². The van der Waals surface area contributed by atoms with Gasteiger partial charge in [0, 0.05) is 13.1 Å². The van der Waals surface area contributed by atoms with Gasteiger partial charge in [-0.25, -0.2) is 8.78 Å².